The third-order valence-electron chi connectivity index (χ3n) is 2.20. The number of nitrogens with one attached hydrogen (secondary N) is 1. The van der Waals surface area contributed by atoms with E-state index in [0.717, 1.165) is 18.3 Å². The molecule has 1 rings (SSSR count). The minimum absolute atomic E-state index is 0.0895. The molecule has 1 amide bonds. The van der Waals surface area contributed by atoms with Gasteiger partial charge in [-0.3, -0.25) is 9.59 Å². The van der Waals surface area contributed by atoms with Crippen molar-refractivity contribution >= 4 is 17.6 Å². The Balaban J connectivity index is 2.48. The fourth-order valence-electron chi connectivity index (χ4n) is 1.31. The lowest BCUT2D eigenvalue weighted by Crippen LogP contribution is -2.15. The highest BCUT2D eigenvalue weighted by molar-refractivity contribution is 5.92. The fraction of sp³-hybridized carbons (Fsp3) is 0.417. The Bertz CT molecular complexity index is 472. The second kappa shape index (κ2) is 6.88. The summed E-state index contributed by atoms with van der Waals surface area (Å²) >= 11 is 0. The van der Waals surface area contributed by atoms with E-state index >= 15 is 0 Å². The van der Waals surface area contributed by atoms with Gasteiger partial charge in [0.1, 0.15) is 5.69 Å². The molecule has 1 aromatic rings. The molecule has 110 valence electrons. The highest BCUT2D eigenvalue weighted by Gasteiger charge is 2.32. The molecule has 20 heavy (non-hydrogen) atoms. The van der Waals surface area contributed by atoms with Crippen LogP contribution < -0.4 is 5.32 Å². The summed E-state index contributed by atoms with van der Waals surface area (Å²) in [4.78, 5) is 25.6. The van der Waals surface area contributed by atoms with E-state index < -0.39 is 23.7 Å². The second-order valence-corrected chi connectivity index (χ2v) is 3.78. The van der Waals surface area contributed by atoms with Gasteiger partial charge >= 0.3 is 12.1 Å². The topological polar surface area (TPSA) is 68.3 Å². The number of pyridine rings is 1. The second-order valence-electron chi connectivity index (χ2n) is 3.78. The van der Waals surface area contributed by atoms with Crippen LogP contribution in [0.1, 0.15) is 25.5 Å². The van der Waals surface area contributed by atoms with Gasteiger partial charge in [-0.25, -0.2) is 4.98 Å². The number of aromatic nitrogens is 1. The lowest BCUT2D eigenvalue weighted by Gasteiger charge is -2.07. The van der Waals surface area contributed by atoms with E-state index in [1.54, 1.807) is 6.92 Å². The van der Waals surface area contributed by atoms with Gasteiger partial charge in [0.05, 0.1) is 24.9 Å². The minimum Gasteiger partial charge on any atom is -0.466 e. The van der Waals surface area contributed by atoms with Crippen molar-refractivity contribution in [3.63, 3.8) is 0 Å². The van der Waals surface area contributed by atoms with Crippen LogP contribution in [-0.2, 0) is 20.5 Å². The van der Waals surface area contributed by atoms with Crippen LogP contribution in [0.3, 0.4) is 0 Å². The average Bonchev–Trinajstić information content (AvgIpc) is 2.36. The Morgan fingerprint density at radius 2 is 2.00 bits per heavy atom. The first-order valence-corrected chi connectivity index (χ1v) is 5.81. The first-order chi connectivity index (χ1) is 9.32. The quantitative estimate of drug-likeness (QED) is 0.845. The third-order valence-corrected chi connectivity index (χ3v) is 2.20. The highest BCUT2D eigenvalue weighted by Crippen LogP contribution is 2.27. The number of hydrogen-bond acceptors (Lipinski definition) is 4. The van der Waals surface area contributed by atoms with Gasteiger partial charge in [0.15, 0.2) is 0 Å². The minimum atomic E-state index is -4.52. The Kier molecular flexibility index (Phi) is 5.48. The highest BCUT2D eigenvalue weighted by atomic mass is 19.4. The molecular weight excluding hydrogens is 277 g/mol. The van der Waals surface area contributed by atoms with Crippen LogP contribution in [0.2, 0.25) is 0 Å². The molecule has 1 aromatic heterocycles. The van der Waals surface area contributed by atoms with Crippen molar-refractivity contribution in [1.82, 2.24) is 4.98 Å². The van der Waals surface area contributed by atoms with Crippen LogP contribution in [0, 0.1) is 0 Å². The largest absolute Gasteiger partial charge is 0.466 e. The summed E-state index contributed by atoms with van der Waals surface area (Å²) in [5, 5.41) is 2.34. The van der Waals surface area contributed by atoms with Crippen molar-refractivity contribution in [2.24, 2.45) is 0 Å². The van der Waals surface area contributed by atoms with Crippen LogP contribution in [0.5, 0.6) is 0 Å². The predicted molar refractivity (Wildman–Crippen MR) is 63.7 cm³/mol. The number of esters is 1. The number of anilines is 1. The Labute approximate surface area is 113 Å². The molecule has 8 heteroatoms. The molecule has 1 heterocycles. The van der Waals surface area contributed by atoms with Crippen LogP contribution in [0.15, 0.2) is 18.3 Å². The zero-order chi connectivity index (χ0) is 15.2. The summed E-state index contributed by atoms with van der Waals surface area (Å²) in [6.07, 6.45) is -3.81. The maximum absolute atomic E-state index is 12.3. The van der Waals surface area contributed by atoms with Crippen LogP contribution in [0.4, 0.5) is 18.9 Å². The molecule has 5 nitrogen and oxygen atoms in total. The van der Waals surface area contributed by atoms with Gasteiger partial charge in [-0.15, -0.1) is 0 Å². The Hall–Kier alpha value is -2.12. The van der Waals surface area contributed by atoms with Gasteiger partial charge in [-0.05, 0) is 19.1 Å². The molecule has 0 aromatic carbocycles. The zero-order valence-corrected chi connectivity index (χ0v) is 10.7. The zero-order valence-electron chi connectivity index (χ0n) is 10.7. The Morgan fingerprint density at radius 3 is 2.50 bits per heavy atom. The first kappa shape index (κ1) is 15.9. The van der Waals surface area contributed by atoms with E-state index in [1.807, 2.05) is 0 Å². The molecule has 0 radical (unpaired) electrons. The monoisotopic (exact) mass is 290 g/mol. The third kappa shape index (κ3) is 5.25. The van der Waals surface area contributed by atoms with Crippen LogP contribution >= 0.6 is 0 Å². The number of amides is 1. The summed E-state index contributed by atoms with van der Waals surface area (Å²) in [6, 6.07) is 1.86. The molecule has 0 aliphatic heterocycles. The number of carbonyl (C=O) groups excluding carboxylic acids is 2. The van der Waals surface area contributed by atoms with Crippen molar-refractivity contribution in [2.45, 2.75) is 25.9 Å². The fourth-order valence-corrected chi connectivity index (χ4v) is 1.31. The molecule has 0 aliphatic carbocycles. The SMILES string of the molecule is CCOC(=O)CCC(=O)Nc1ccc(C(F)(F)F)nc1. The van der Waals surface area contributed by atoms with Crippen molar-refractivity contribution in [3.05, 3.63) is 24.0 Å². The molecule has 0 saturated carbocycles. The first-order valence-electron chi connectivity index (χ1n) is 5.81. The standard InChI is InChI=1S/C12H13F3N2O3/c1-2-20-11(19)6-5-10(18)17-8-3-4-9(16-7-8)12(13,14)15/h3-4,7H,2,5-6H2,1H3,(H,17,18). The maximum Gasteiger partial charge on any atom is 0.433 e. The molecule has 1 N–H and O–H groups in total. The molecule has 0 unspecified atom stereocenters. The molecule has 0 fully saturated rings. The van der Waals surface area contributed by atoms with E-state index in [9.17, 15) is 22.8 Å². The molecule has 0 atom stereocenters. The summed E-state index contributed by atoms with van der Waals surface area (Å²) in [5.41, 5.74) is -0.908. The number of ether oxygens (including phenoxy) is 1. The molecule has 0 bridgehead atoms. The summed E-state index contributed by atoms with van der Waals surface area (Å²) < 4.78 is 41.4. The molecule has 0 spiro atoms. The normalized spacial score (nSPS) is 11.0. The molecule has 0 saturated heterocycles. The number of alkyl halides is 3. The number of carbonyl (C=O) groups is 2. The number of rotatable bonds is 5. The van der Waals surface area contributed by atoms with Gasteiger partial charge in [0.25, 0.3) is 0 Å². The van der Waals surface area contributed by atoms with Crippen molar-refractivity contribution < 1.29 is 27.5 Å². The number of nitrogens with zero attached hydrogens (tertiary/aromatic N) is 1. The smallest absolute Gasteiger partial charge is 0.433 e. The van der Waals surface area contributed by atoms with E-state index in [1.165, 1.54) is 0 Å². The van der Waals surface area contributed by atoms with Crippen LogP contribution in [-0.4, -0.2) is 23.5 Å². The van der Waals surface area contributed by atoms with Gasteiger partial charge in [0, 0.05) is 6.42 Å². The predicted octanol–water partition coefficient (Wildman–Crippen LogP) is 2.38. The summed E-state index contributed by atoms with van der Waals surface area (Å²) in [7, 11) is 0. The van der Waals surface area contributed by atoms with Crippen molar-refractivity contribution in [2.75, 3.05) is 11.9 Å². The van der Waals surface area contributed by atoms with Gasteiger partial charge in [0.2, 0.25) is 5.91 Å². The van der Waals surface area contributed by atoms with Crippen molar-refractivity contribution in [1.29, 1.82) is 0 Å². The lowest BCUT2D eigenvalue weighted by atomic mass is 10.3. The van der Waals surface area contributed by atoms with E-state index in [2.05, 4.69) is 15.0 Å². The van der Waals surface area contributed by atoms with Crippen LogP contribution in [0.25, 0.3) is 0 Å². The van der Waals surface area contributed by atoms with Gasteiger partial charge in [-0.2, -0.15) is 13.2 Å². The van der Waals surface area contributed by atoms with Gasteiger partial charge in [-0.1, -0.05) is 0 Å². The summed E-state index contributed by atoms with van der Waals surface area (Å²) in [6.45, 7) is 1.87. The molecular formula is C12H13F3N2O3. The van der Waals surface area contributed by atoms with E-state index in [4.69, 9.17) is 0 Å². The average molecular weight is 290 g/mol. The lowest BCUT2D eigenvalue weighted by molar-refractivity contribution is -0.144. The maximum atomic E-state index is 12.3. The van der Waals surface area contributed by atoms with E-state index in [-0.39, 0.29) is 25.1 Å². The summed E-state index contributed by atoms with van der Waals surface area (Å²) in [5.74, 6) is -1.01. The number of hydrogen-bond donors (Lipinski definition) is 1. The molecule has 0 aliphatic rings. The Morgan fingerprint density at radius 1 is 1.30 bits per heavy atom. The van der Waals surface area contributed by atoms with Crippen molar-refractivity contribution in [3.8, 4) is 0 Å². The number of halogens is 3. The van der Waals surface area contributed by atoms with Gasteiger partial charge < -0.3 is 10.1 Å². The van der Waals surface area contributed by atoms with E-state index in [0.29, 0.717) is 0 Å².